The van der Waals surface area contributed by atoms with Crippen molar-refractivity contribution < 1.29 is 9.53 Å². The number of nitrogens with zero attached hydrogens (tertiary/aromatic N) is 3. The average molecular weight is 364 g/mol. The molecule has 1 heterocycles. The molecule has 1 saturated heterocycles. The Labute approximate surface area is 160 Å². The second-order valence-electron chi connectivity index (χ2n) is 6.52. The normalized spacial score (nSPS) is 15.1. The zero-order chi connectivity index (χ0) is 18.9. The van der Waals surface area contributed by atoms with Crippen LogP contribution in [0.3, 0.4) is 0 Å². The van der Waals surface area contributed by atoms with Gasteiger partial charge in [-0.1, -0.05) is 18.2 Å². The van der Waals surface area contributed by atoms with Gasteiger partial charge in [-0.15, -0.1) is 0 Å². The maximum absolute atomic E-state index is 12.1. The van der Waals surface area contributed by atoms with E-state index in [0.717, 1.165) is 44.2 Å². The third-order valence-corrected chi connectivity index (χ3v) is 4.55. The third kappa shape index (κ3) is 6.10. The molecule has 1 amide bonds. The number of para-hydroxylation sites is 1. The van der Waals surface area contributed by atoms with Crippen molar-refractivity contribution in [2.75, 3.05) is 51.2 Å². The standard InChI is InChI=1S/C21H24N4O2/c22-16-18-6-8-20(9-7-18)27-15-14-24-10-12-25(13-11-24)17-21(26)23-19-4-2-1-3-5-19/h1-9H,10-15,17H2,(H,23,26). The van der Waals surface area contributed by atoms with Crippen LogP contribution in [-0.4, -0.2) is 61.6 Å². The fourth-order valence-corrected chi connectivity index (χ4v) is 3.01. The Kier molecular flexibility index (Phi) is 6.80. The van der Waals surface area contributed by atoms with Gasteiger partial charge in [0.1, 0.15) is 12.4 Å². The summed E-state index contributed by atoms with van der Waals surface area (Å²) < 4.78 is 5.74. The van der Waals surface area contributed by atoms with E-state index in [4.69, 9.17) is 10.00 Å². The highest BCUT2D eigenvalue weighted by Gasteiger charge is 2.18. The molecule has 0 radical (unpaired) electrons. The molecule has 2 aromatic carbocycles. The van der Waals surface area contributed by atoms with Crippen molar-refractivity contribution >= 4 is 11.6 Å². The fourth-order valence-electron chi connectivity index (χ4n) is 3.01. The van der Waals surface area contributed by atoms with Crippen molar-refractivity contribution in [2.24, 2.45) is 0 Å². The molecular weight excluding hydrogens is 340 g/mol. The smallest absolute Gasteiger partial charge is 0.238 e. The van der Waals surface area contributed by atoms with E-state index in [1.54, 1.807) is 12.1 Å². The Hall–Kier alpha value is -2.88. The van der Waals surface area contributed by atoms with Gasteiger partial charge in [-0.3, -0.25) is 14.6 Å². The van der Waals surface area contributed by atoms with Crippen LogP contribution >= 0.6 is 0 Å². The summed E-state index contributed by atoms with van der Waals surface area (Å²) in [4.78, 5) is 16.6. The van der Waals surface area contributed by atoms with Gasteiger partial charge in [0.05, 0.1) is 18.2 Å². The molecule has 2 aromatic rings. The zero-order valence-electron chi connectivity index (χ0n) is 15.3. The highest BCUT2D eigenvalue weighted by Crippen LogP contribution is 2.12. The molecule has 6 nitrogen and oxygen atoms in total. The summed E-state index contributed by atoms with van der Waals surface area (Å²) in [6, 6.07) is 18.8. The average Bonchev–Trinajstić information content (AvgIpc) is 2.70. The van der Waals surface area contributed by atoms with Gasteiger partial charge in [-0.2, -0.15) is 5.26 Å². The molecular formula is C21H24N4O2. The van der Waals surface area contributed by atoms with Crippen LogP contribution < -0.4 is 10.1 Å². The number of amides is 1. The van der Waals surface area contributed by atoms with Gasteiger partial charge in [-0.25, -0.2) is 0 Å². The number of hydrogen-bond donors (Lipinski definition) is 1. The maximum Gasteiger partial charge on any atom is 0.238 e. The number of piperazine rings is 1. The molecule has 27 heavy (non-hydrogen) atoms. The first-order chi connectivity index (χ1) is 13.2. The van der Waals surface area contributed by atoms with Crippen molar-refractivity contribution in [3.8, 4) is 11.8 Å². The Bertz CT molecular complexity index is 763. The number of ether oxygens (including phenoxy) is 1. The number of nitriles is 1. The Morgan fingerprint density at radius 3 is 2.33 bits per heavy atom. The van der Waals surface area contributed by atoms with Crippen molar-refractivity contribution in [3.63, 3.8) is 0 Å². The first-order valence-electron chi connectivity index (χ1n) is 9.15. The van der Waals surface area contributed by atoms with Crippen molar-refractivity contribution in [1.29, 1.82) is 5.26 Å². The molecule has 6 heteroatoms. The minimum atomic E-state index is 0.0267. The maximum atomic E-state index is 12.1. The molecule has 1 aliphatic rings. The van der Waals surface area contributed by atoms with E-state index in [0.29, 0.717) is 18.7 Å². The highest BCUT2D eigenvalue weighted by atomic mass is 16.5. The van der Waals surface area contributed by atoms with E-state index in [-0.39, 0.29) is 5.91 Å². The van der Waals surface area contributed by atoms with Crippen LogP contribution in [0, 0.1) is 11.3 Å². The molecule has 0 aromatic heterocycles. The number of carbonyl (C=O) groups excluding carboxylic acids is 1. The molecule has 0 aliphatic carbocycles. The lowest BCUT2D eigenvalue weighted by Crippen LogP contribution is -2.49. The summed E-state index contributed by atoms with van der Waals surface area (Å²) in [7, 11) is 0. The number of nitrogens with one attached hydrogen (secondary N) is 1. The quantitative estimate of drug-likeness (QED) is 0.816. The molecule has 1 N–H and O–H groups in total. The first-order valence-corrected chi connectivity index (χ1v) is 9.15. The summed E-state index contributed by atoms with van der Waals surface area (Å²) >= 11 is 0. The summed E-state index contributed by atoms with van der Waals surface area (Å²) in [5, 5.41) is 11.7. The Morgan fingerprint density at radius 2 is 1.67 bits per heavy atom. The van der Waals surface area contributed by atoms with Crippen LogP contribution in [-0.2, 0) is 4.79 Å². The molecule has 0 saturated carbocycles. The molecule has 140 valence electrons. The first kappa shape index (κ1) is 18.9. The molecule has 0 bridgehead atoms. The number of rotatable bonds is 7. The van der Waals surface area contributed by atoms with Gasteiger partial charge < -0.3 is 10.1 Å². The summed E-state index contributed by atoms with van der Waals surface area (Å²) in [5.41, 5.74) is 1.47. The van der Waals surface area contributed by atoms with Crippen molar-refractivity contribution in [1.82, 2.24) is 9.80 Å². The lowest BCUT2D eigenvalue weighted by atomic mass is 10.2. The predicted octanol–water partition coefficient (Wildman–Crippen LogP) is 2.19. The number of anilines is 1. The van der Waals surface area contributed by atoms with E-state index in [2.05, 4.69) is 21.2 Å². The molecule has 0 atom stereocenters. The van der Waals surface area contributed by atoms with Crippen LogP contribution in [0.15, 0.2) is 54.6 Å². The predicted molar refractivity (Wildman–Crippen MR) is 105 cm³/mol. The molecule has 1 aliphatic heterocycles. The van der Waals surface area contributed by atoms with Crippen LogP contribution in [0.5, 0.6) is 5.75 Å². The van der Waals surface area contributed by atoms with Gasteiger partial charge in [0.15, 0.2) is 0 Å². The summed E-state index contributed by atoms with van der Waals surface area (Å²) in [5.74, 6) is 0.809. The van der Waals surface area contributed by atoms with Gasteiger partial charge in [0.25, 0.3) is 0 Å². The summed E-state index contributed by atoms with van der Waals surface area (Å²) in [6.07, 6.45) is 0. The number of hydrogen-bond acceptors (Lipinski definition) is 5. The minimum absolute atomic E-state index is 0.0267. The second kappa shape index (κ2) is 9.72. The van der Waals surface area contributed by atoms with Crippen LogP contribution in [0.2, 0.25) is 0 Å². The molecule has 3 rings (SSSR count). The monoisotopic (exact) mass is 364 g/mol. The molecule has 0 spiro atoms. The Morgan fingerprint density at radius 1 is 1.00 bits per heavy atom. The van der Waals surface area contributed by atoms with Crippen LogP contribution in [0.4, 0.5) is 5.69 Å². The number of benzene rings is 2. The SMILES string of the molecule is N#Cc1ccc(OCCN2CCN(CC(=O)Nc3ccccc3)CC2)cc1. The van der Waals surface area contributed by atoms with Gasteiger partial charge in [0.2, 0.25) is 5.91 Å². The third-order valence-electron chi connectivity index (χ3n) is 4.55. The Balaban J connectivity index is 1.32. The highest BCUT2D eigenvalue weighted by molar-refractivity contribution is 5.92. The number of carbonyl (C=O) groups is 1. The second-order valence-corrected chi connectivity index (χ2v) is 6.52. The van der Waals surface area contributed by atoms with Crippen LogP contribution in [0.1, 0.15) is 5.56 Å². The zero-order valence-corrected chi connectivity index (χ0v) is 15.3. The largest absolute Gasteiger partial charge is 0.492 e. The van der Waals surface area contributed by atoms with Crippen LogP contribution in [0.25, 0.3) is 0 Å². The van der Waals surface area contributed by atoms with Crippen molar-refractivity contribution in [3.05, 3.63) is 60.2 Å². The topological polar surface area (TPSA) is 68.6 Å². The van der Waals surface area contributed by atoms with E-state index in [1.807, 2.05) is 42.5 Å². The minimum Gasteiger partial charge on any atom is -0.492 e. The molecule has 0 unspecified atom stereocenters. The molecule has 1 fully saturated rings. The fraction of sp³-hybridized carbons (Fsp3) is 0.333. The van der Waals surface area contributed by atoms with E-state index < -0.39 is 0 Å². The lowest BCUT2D eigenvalue weighted by Gasteiger charge is -2.34. The van der Waals surface area contributed by atoms with Gasteiger partial charge in [-0.05, 0) is 36.4 Å². The van der Waals surface area contributed by atoms with Gasteiger partial charge in [0, 0.05) is 38.4 Å². The van der Waals surface area contributed by atoms with E-state index in [1.165, 1.54) is 0 Å². The van der Waals surface area contributed by atoms with Gasteiger partial charge >= 0.3 is 0 Å². The lowest BCUT2D eigenvalue weighted by molar-refractivity contribution is -0.117. The summed E-state index contributed by atoms with van der Waals surface area (Å²) in [6.45, 7) is 5.48. The van der Waals surface area contributed by atoms with E-state index in [9.17, 15) is 4.79 Å². The van der Waals surface area contributed by atoms with E-state index >= 15 is 0 Å². The van der Waals surface area contributed by atoms with Crippen molar-refractivity contribution in [2.45, 2.75) is 0 Å².